The van der Waals surface area contributed by atoms with Crippen LogP contribution in [0.2, 0.25) is 0 Å². The lowest BCUT2D eigenvalue weighted by molar-refractivity contribution is 0.385. The highest BCUT2D eigenvalue weighted by Crippen LogP contribution is 2.29. The summed E-state index contributed by atoms with van der Waals surface area (Å²) in [5.41, 5.74) is 4.42. The molecule has 17 heavy (non-hydrogen) atoms. The number of aromatic nitrogens is 1. The van der Waals surface area contributed by atoms with E-state index < -0.39 is 0 Å². The Labute approximate surface area is 101 Å². The van der Waals surface area contributed by atoms with Crippen LogP contribution in [0.3, 0.4) is 0 Å². The van der Waals surface area contributed by atoms with E-state index in [9.17, 15) is 0 Å². The van der Waals surface area contributed by atoms with Crippen LogP contribution in [-0.2, 0) is 0 Å². The molecule has 1 aliphatic rings. The van der Waals surface area contributed by atoms with Crippen LogP contribution in [0.15, 0.2) is 16.5 Å². The number of fused-ring (bicyclic) bond motifs is 1. The number of hydrogen-bond donors (Lipinski definition) is 1. The Morgan fingerprint density at radius 1 is 1.24 bits per heavy atom. The molecule has 90 valence electrons. The van der Waals surface area contributed by atoms with E-state index in [2.05, 4.69) is 36.3 Å². The lowest BCUT2D eigenvalue weighted by atomic mass is 9.98. The van der Waals surface area contributed by atoms with Crippen molar-refractivity contribution >= 4 is 11.1 Å². The third-order valence-electron chi connectivity index (χ3n) is 3.53. The second kappa shape index (κ2) is 4.15. The van der Waals surface area contributed by atoms with Gasteiger partial charge >= 0.3 is 0 Å². The number of benzene rings is 1. The monoisotopic (exact) mass is 230 g/mol. The zero-order valence-electron chi connectivity index (χ0n) is 10.4. The number of nitrogens with one attached hydrogen (secondary N) is 1. The number of rotatable bonds is 1. The van der Waals surface area contributed by atoms with E-state index in [1.807, 2.05) is 0 Å². The van der Waals surface area contributed by atoms with Crippen LogP contribution in [0, 0.1) is 13.8 Å². The van der Waals surface area contributed by atoms with Gasteiger partial charge in [0.1, 0.15) is 5.52 Å². The Morgan fingerprint density at radius 3 is 2.76 bits per heavy atom. The predicted octanol–water partition coefficient (Wildman–Crippen LogP) is 2.91. The fraction of sp³-hybridized carbons (Fsp3) is 0.500. The molecule has 0 unspecified atom stereocenters. The third kappa shape index (κ3) is 1.95. The van der Waals surface area contributed by atoms with Gasteiger partial charge in [-0.05, 0) is 57.0 Å². The summed E-state index contributed by atoms with van der Waals surface area (Å²) < 4.78 is 5.93. The summed E-state index contributed by atoms with van der Waals surface area (Å²) >= 11 is 0. The van der Waals surface area contributed by atoms with Gasteiger partial charge in [-0.25, -0.2) is 4.98 Å². The Hall–Kier alpha value is -1.35. The second-order valence-electron chi connectivity index (χ2n) is 5.00. The van der Waals surface area contributed by atoms with E-state index >= 15 is 0 Å². The summed E-state index contributed by atoms with van der Waals surface area (Å²) in [5.74, 6) is 1.42. The number of oxazole rings is 1. The molecule has 0 spiro atoms. The molecule has 3 rings (SSSR count). The van der Waals surface area contributed by atoms with Crippen LogP contribution >= 0.6 is 0 Å². The SMILES string of the molecule is Cc1cc(C)c2nc(C3CCNCC3)oc2c1. The van der Waals surface area contributed by atoms with Crippen molar-refractivity contribution in [2.24, 2.45) is 0 Å². The largest absolute Gasteiger partial charge is 0.440 e. The molecule has 1 fully saturated rings. The first-order valence-electron chi connectivity index (χ1n) is 6.32. The Balaban J connectivity index is 2.03. The van der Waals surface area contributed by atoms with Gasteiger partial charge < -0.3 is 9.73 Å². The van der Waals surface area contributed by atoms with Crippen LogP contribution in [0.1, 0.15) is 35.8 Å². The molecule has 0 amide bonds. The van der Waals surface area contributed by atoms with Crippen LogP contribution < -0.4 is 5.32 Å². The molecule has 0 bridgehead atoms. The van der Waals surface area contributed by atoms with Crippen molar-refractivity contribution in [2.75, 3.05) is 13.1 Å². The number of hydrogen-bond acceptors (Lipinski definition) is 3. The summed E-state index contributed by atoms with van der Waals surface area (Å²) in [6.07, 6.45) is 2.26. The Kier molecular flexibility index (Phi) is 2.63. The molecule has 0 atom stereocenters. The lowest BCUT2D eigenvalue weighted by Crippen LogP contribution is -2.26. The summed E-state index contributed by atoms with van der Waals surface area (Å²) in [7, 11) is 0. The van der Waals surface area contributed by atoms with Crippen LogP contribution in [0.5, 0.6) is 0 Å². The topological polar surface area (TPSA) is 38.1 Å². The van der Waals surface area contributed by atoms with Gasteiger partial charge in [0.15, 0.2) is 11.5 Å². The van der Waals surface area contributed by atoms with Crippen molar-refractivity contribution in [2.45, 2.75) is 32.6 Å². The van der Waals surface area contributed by atoms with E-state index in [1.54, 1.807) is 0 Å². The molecule has 0 aliphatic carbocycles. The maximum atomic E-state index is 5.93. The Bertz CT molecular complexity index is 538. The Morgan fingerprint density at radius 2 is 2.00 bits per heavy atom. The van der Waals surface area contributed by atoms with Gasteiger partial charge in [0.05, 0.1) is 0 Å². The van der Waals surface area contributed by atoms with E-state index in [1.165, 1.54) is 11.1 Å². The quantitative estimate of drug-likeness (QED) is 0.818. The molecule has 0 radical (unpaired) electrons. The fourth-order valence-corrected chi connectivity index (χ4v) is 2.63. The van der Waals surface area contributed by atoms with Gasteiger partial charge in [0.2, 0.25) is 0 Å². The van der Waals surface area contributed by atoms with Crippen molar-refractivity contribution in [3.63, 3.8) is 0 Å². The minimum atomic E-state index is 0.489. The lowest BCUT2D eigenvalue weighted by Gasteiger charge is -2.19. The number of nitrogens with zero attached hydrogens (tertiary/aromatic N) is 1. The molecule has 0 saturated carbocycles. The predicted molar refractivity (Wildman–Crippen MR) is 68.3 cm³/mol. The third-order valence-corrected chi connectivity index (χ3v) is 3.53. The highest BCUT2D eigenvalue weighted by Gasteiger charge is 2.21. The van der Waals surface area contributed by atoms with E-state index in [0.29, 0.717) is 5.92 Å². The van der Waals surface area contributed by atoms with Crippen molar-refractivity contribution < 1.29 is 4.42 Å². The molecule has 2 aromatic rings. The van der Waals surface area contributed by atoms with E-state index in [0.717, 1.165) is 42.9 Å². The van der Waals surface area contributed by atoms with Gasteiger partial charge in [0.25, 0.3) is 0 Å². The molecule has 1 aliphatic heterocycles. The molecule has 1 aromatic carbocycles. The molecule has 1 N–H and O–H groups in total. The summed E-state index contributed by atoms with van der Waals surface area (Å²) in [6, 6.07) is 4.25. The van der Waals surface area contributed by atoms with Gasteiger partial charge in [-0.2, -0.15) is 0 Å². The second-order valence-corrected chi connectivity index (χ2v) is 5.00. The van der Waals surface area contributed by atoms with E-state index in [-0.39, 0.29) is 0 Å². The van der Waals surface area contributed by atoms with Gasteiger partial charge in [-0.15, -0.1) is 0 Å². The van der Waals surface area contributed by atoms with Crippen LogP contribution in [0.25, 0.3) is 11.1 Å². The molecule has 3 heteroatoms. The van der Waals surface area contributed by atoms with Crippen LogP contribution in [-0.4, -0.2) is 18.1 Å². The first kappa shape index (κ1) is 10.8. The van der Waals surface area contributed by atoms with Gasteiger partial charge in [-0.3, -0.25) is 0 Å². The minimum absolute atomic E-state index is 0.489. The first-order valence-corrected chi connectivity index (χ1v) is 6.32. The molecule has 1 aromatic heterocycles. The molecule has 2 heterocycles. The summed E-state index contributed by atoms with van der Waals surface area (Å²) in [5, 5.41) is 3.37. The van der Waals surface area contributed by atoms with Gasteiger partial charge in [-0.1, -0.05) is 6.07 Å². The van der Waals surface area contributed by atoms with Crippen LogP contribution in [0.4, 0.5) is 0 Å². The highest BCUT2D eigenvalue weighted by atomic mass is 16.3. The van der Waals surface area contributed by atoms with Crippen molar-refractivity contribution in [3.8, 4) is 0 Å². The standard InChI is InChI=1S/C14H18N2O/c1-9-7-10(2)13-12(8-9)17-14(16-13)11-3-5-15-6-4-11/h7-8,11,15H,3-6H2,1-2H3. The van der Waals surface area contributed by atoms with E-state index in [4.69, 9.17) is 4.42 Å². The van der Waals surface area contributed by atoms with Crippen molar-refractivity contribution in [3.05, 3.63) is 29.2 Å². The number of aryl methyl sites for hydroxylation is 2. The average Bonchev–Trinajstić information content (AvgIpc) is 2.74. The fourth-order valence-electron chi connectivity index (χ4n) is 2.63. The highest BCUT2D eigenvalue weighted by molar-refractivity contribution is 5.77. The normalized spacial score (nSPS) is 17.8. The van der Waals surface area contributed by atoms with Crippen molar-refractivity contribution in [1.29, 1.82) is 0 Å². The first-order chi connectivity index (χ1) is 8.24. The van der Waals surface area contributed by atoms with Crippen molar-refractivity contribution in [1.82, 2.24) is 10.3 Å². The minimum Gasteiger partial charge on any atom is -0.440 e. The average molecular weight is 230 g/mol. The molecule has 1 saturated heterocycles. The maximum Gasteiger partial charge on any atom is 0.198 e. The summed E-state index contributed by atoms with van der Waals surface area (Å²) in [4.78, 5) is 4.68. The zero-order chi connectivity index (χ0) is 11.8. The molecular weight excluding hydrogens is 212 g/mol. The molecule has 3 nitrogen and oxygen atoms in total. The smallest absolute Gasteiger partial charge is 0.198 e. The zero-order valence-corrected chi connectivity index (χ0v) is 10.4. The molecular formula is C14H18N2O. The summed E-state index contributed by atoms with van der Waals surface area (Å²) in [6.45, 7) is 6.34. The maximum absolute atomic E-state index is 5.93. The van der Waals surface area contributed by atoms with Gasteiger partial charge in [0, 0.05) is 5.92 Å². The number of piperidine rings is 1.